The van der Waals surface area contributed by atoms with Gasteiger partial charge in [-0.15, -0.1) is 0 Å². The van der Waals surface area contributed by atoms with Gasteiger partial charge in [-0.2, -0.15) is 0 Å². The number of rotatable bonds is 7. The van der Waals surface area contributed by atoms with Gasteiger partial charge in [-0.3, -0.25) is 0 Å². The van der Waals surface area contributed by atoms with Crippen LogP contribution in [0.5, 0.6) is 0 Å². The number of carbonyl (C=O) groups is 1. The minimum atomic E-state index is -0.807. The summed E-state index contributed by atoms with van der Waals surface area (Å²) in [6, 6.07) is 0. The van der Waals surface area contributed by atoms with Crippen molar-refractivity contribution >= 4 is 5.97 Å². The Morgan fingerprint density at radius 2 is 2.00 bits per heavy atom. The molecule has 0 aromatic rings. The molecule has 2 atom stereocenters. The van der Waals surface area contributed by atoms with Crippen LogP contribution in [-0.2, 0) is 9.53 Å². The molecular weight excluding hydrogens is 168 g/mol. The lowest BCUT2D eigenvalue weighted by atomic mass is 10.1. The second-order valence-corrected chi connectivity index (χ2v) is 3.64. The molecule has 0 saturated carbocycles. The Labute approximate surface area is 79.1 Å². The van der Waals surface area contributed by atoms with E-state index in [4.69, 9.17) is 9.84 Å². The Morgan fingerprint density at radius 3 is 2.54 bits per heavy atom. The van der Waals surface area contributed by atoms with E-state index in [0.717, 1.165) is 12.8 Å². The predicted octanol–water partition coefficient (Wildman–Crippen LogP) is 2.20. The summed E-state index contributed by atoms with van der Waals surface area (Å²) in [6.45, 7) is 2.18. The standard InChI is InChI=1S/C10H18O3/c1-2-3-4-5-6-7-8-9(13-8)10(11)12/h8-9H,2-7H2,1H3,(H,11,12). The lowest BCUT2D eigenvalue weighted by molar-refractivity contribution is -0.138. The fourth-order valence-corrected chi connectivity index (χ4v) is 1.53. The van der Waals surface area contributed by atoms with Crippen LogP contribution in [0.15, 0.2) is 0 Å². The highest BCUT2D eigenvalue weighted by molar-refractivity contribution is 5.75. The third kappa shape index (κ3) is 3.77. The average molecular weight is 186 g/mol. The molecule has 13 heavy (non-hydrogen) atoms. The number of epoxide rings is 1. The Balaban J connectivity index is 1.88. The zero-order valence-corrected chi connectivity index (χ0v) is 8.16. The van der Waals surface area contributed by atoms with Crippen molar-refractivity contribution in [3.63, 3.8) is 0 Å². The minimum Gasteiger partial charge on any atom is -0.479 e. The van der Waals surface area contributed by atoms with Crippen molar-refractivity contribution in [1.82, 2.24) is 0 Å². The van der Waals surface area contributed by atoms with E-state index < -0.39 is 12.1 Å². The molecule has 1 rings (SSSR count). The molecule has 3 nitrogen and oxygen atoms in total. The molecule has 2 unspecified atom stereocenters. The highest BCUT2D eigenvalue weighted by Gasteiger charge is 2.44. The van der Waals surface area contributed by atoms with E-state index >= 15 is 0 Å². The second kappa shape index (κ2) is 5.22. The van der Waals surface area contributed by atoms with E-state index in [-0.39, 0.29) is 6.10 Å². The first-order valence-electron chi connectivity index (χ1n) is 5.14. The van der Waals surface area contributed by atoms with Gasteiger partial charge in [0.1, 0.15) is 0 Å². The molecule has 0 spiro atoms. The molecule has 1 fully saturated rings. The summed E-state index contributed by atoms with van der Waals surface area (Å²) in [5.74, 6) is -0.807. The van der Waals surface area contributed by atoms with Crippen molar-refractivity contribution in [3.8, 4) is 0 Å². The molecular formula is C10H18O3. The monoisotopic (exact) mass is 186 g/mol. The number of carboxylic acids is 1. The van der Waals surface area contributed by atoms with Crippen LogP contribution >= 0.6 is 0 Å². The van der Waals surface area contributed by atoms with Gasteiger partial charge in [-0.05, 0) is 6.42 Å². The van der Waals surface area contributed by atoms with Crippen molar-refractivity contribution in [2.75, 3.05) is 0 Å². The molecule has 76 valence electrons. The third-order valence-corrected chi connectivity index (χ3v) is 2.42. The zero-order valence-electron chi connectivity index (χ0n) is 8.16. The molecule has 0 bridgehead atoms. The highest BCUT2D eigenvalue weighted by atomic mass is 16.6. The molecule has 0 aromatic carbocycles. The first-order chi connectivity index (χ1) is 6.25. The maximum absolute atomic E-state index is 10.4. The molecule has 1 saturated heterocycles. The van der Waals surface area contributed by atoms with E-state index in [1.165, 1.54) is 25.7 Å². The van der Waals surface area contributed by atoms with Crippen molar-refractivity contribution in [2.24, 2.45) is 0 Å². The normalized spacial score (nSPS) is 25.9. The zero-order chi connectivity index (χ0) is 9.68. The van der Waals surface area contributed by atoms with Gasteiger partial charge in [0.05, 0.1) is 6.10 Å². The van der Waals surface area contributed by atoms with Gasteiger partial charge in [0.25, 0.3) is 0 Å². The lowest BCUT2D eigenvalue weighted by Crippen LogP contribution is -2.07. The Kier molecular flexibility index (Phi) is 4.22. The van der Waals surface area contributed by atoms with Crippen LogP contribution in [0, 0.1) is 0 Å². The van der Waals surface area contributed by atoms with Gasteiger partial charge in [0.2, 0.25) is 0 Å². The summed E-state index contributed by atoms with van der Waals surface area (Å²) < 4.78 is 4.99. The number of aliphatic carboxylic acids is 1. The highest BCUT2D eigenvalue weighted by Crippen LogP contribution is 2.27. The molecule has 1 heterocycles. The molecule has 0 amide bonds. The summed E-state index contributed by atoms with van der Waals surface area (Å²) in [5.41, 5.74) is 0. The lowest BCUT2D eigenvalue weighted by Gasteiger charge is -1.96. The molecule has 3 heteroatoms. The Bertz CT molecular complexity index is 168. The van der Waals surface area contributed by atoms with E-state index in [0.29, 0.717) is 0 Å². The van der Waals surface area contributed by atoms with Crippen LogP contribution < -0.4 is 0 Å². The van der Waals surface area contributed by atoms with Crippen molar-refractivity contribution in [3.05, 3.63) is 0 Å². The van der Waals surface area contributed by atoms with Crippen molar-refractivity contribution < 1.29 is 14.6 Å². The van der Waals surface area contributed by atoms with Crippen LogP contribution in [0.25, 0.3) is 0 Å². The van der Waals surface area contributed by atoms with Gasteiger partial charge in [0.15, 0.2) is 6.10 Å². The first-order valence-corrected chi connectivity index (χ1v) is 5.14. The molecule has 1 N–H and O–H groups in total. The second-order valence-electron chi connectivity index (χ2n) is 3.64. The molecule has 1 aliphatic heterocycles. The smallest absolute Gasteiger partial charge is 0.335 e. The van der Waals surface area contributed by atoms with Crippen molar-refractivity contribution in [1.29, 1.82) is 0 Å². The van der Waals surface area contributed by atoms with Gasteiger partial charge < -0.3 is 9.84 Å². The third-order valence-electron chi connectivity index (χ3n) is 2.42. The van der Waals surface area contributed by atoms with E-state index in [9.17, 15) is 4.79 Å². The number of unbranched alkanes of at least 4 members (excludes halogenated alkanes) is 4. The van der Waals surface area contributed by atoms with Crippen molar-refractivity contribution in [2.45, 2.75) is 57.7 Å². The van der Waals surface area contributed by atoms with Gasteiger partial charge in [-0.25, -0.2) is 4.79 Å². The quantitative estimate of drug-likeness (QED) is 0.490. The van der Waals surface area contributed by atoms with Crippen LogP contribution in [0.3, 0.4) is 0 Å². The summed E-state index contributed by atoms with van der Waals surface area (Å²) in [7, 11) is 0. The average Bonchev–Trinajstić information content (AvgIpc) is 2.83. The summed E-state index contributed by atoms with van der Waals surface area (Å²) in [5, 5.41) is 8.54. The van der Waals surface area contributed by atoms with E-state index in [2.05, 4.69) is 6.92 Å². The summed E-state index contributed by atoms with van der Waals surface area (Å²) in [6.07, 6.45) is 6.55. The topological polar surface area (TPSA) is 49.8 Å². The van der Waals surface area contributed by atoms with Gasteiger partial charge in [-0.1, -0.05) is 39.0 Å². The number of hydrogen-bond acceptors (Lipinski definition) is 2. The maximum atomic E-state index is 10.4. The number of carboxylic acid groups (broad SMARTS) is 1. The maximum Gasteiger partial charge on any atom is 0.335 e. The SMILES string of the molecule is CCCCCCCC1OC1C(=O)O. The van der Waals surface area contributed by atoms with E-state index in [1.54, 1.807) is 0 Å². The fourth-order valence-electron chi connectivity index (χ4n) is 1.53. The first kappa shape index (κ1) is 10.5. The van der Waals surface area contributed by atoms with E-state index in [1.807, 2.05) is 0 Å². The van der Waals surface area contributed by atoms with Crippen LogP contribution in [0.2, 0.25) is 0 Å². The van der Waals surface area contributed by atoms with Gasteiger partial charge in [0, 0.05) is 0 Å². The Hall–Kier alpha value is -0.570. The number of hydrogen-bond donors (Lipinski definition) is 1. The molecule has 1 aliphatic rings. The fraction of sp³-hybridized carbons (Fsp3) is 0.900. The van der Waals surface area contributed by atoms with Crippen LogP contribution in [0.4, 0.5) is 0 Å². The largest absolute Gasteiger partial charge is 0.479 e. The number of ether oxygens (including phenoxy) is 1. The molecule has 0 radical (unpaired) electrons. The molecule has 0 aliphatic carbocycles. The summed E-state index contributed by atoms with van der Waals surface area (Å²) >= 11 is 0. The summed E-state index contributed by atoms with van der Waals surface area (Å²) in [4.78, 5) is 10.4. The Morgan fingerprint density at radius 1 is 1.31 bits per heavy atom. The minimum absolute atomic E-state index is 0.0131. The van der Waals surface area contributed by atoms with Crippen LogP contribution in [-0.4, -0.2) is 23.3 Å². The molecule has 0 aromatic heterocycles. The predicted molar refractivity (Wildman–Crippen MR) is 49.7 cm³/mol. The van der Waals surface area contributed by atoms with Gasteiger partial charge >= 0.3 is 5.97 Å². The van der Waals surface area contributed by atoms with Crippen LogP contribution in [0.1, 0.15) is 45.4 Å².